The fourth-order valence-electron chi connectivity index (χ4n) is 3.71. The first-order valence-electron chi connectivity index (χ1n) is 9.50. The van der Waals surface area contributed by atoms with E-state index in [-0.39, 0.29) is 23.0 Å². The largest absolute Gasteiger partial charge is 0.481 e. The van der Waals surface area contributed by atoms with Crippen LogP contribution in [0.2, 0.25) is 0 Å². The summed E-state index contributed by atoms with van der Waals surface area (Å²) in [6, 6.07) is 9.93. The van der Waals surface area contributed by atoms with Crippen molar-refractivity contribution in [3.63, 3.8) is 0 Å². The molecule has 1 fully saturated rings. The first-order chi connectivity index (χ1) is 13.7. The number of benzene rings is 1. The van der Waals surface area contributed by atoms with Crippen molar-refractivity contribution in [2.75, 3.05) is 7.11 Å². The van der Waals surface area contributed by atoms with Crippen molar-refractivity contribution < 1.29 is 13.9 Å². The van der Waals surface area contributed by atoms with E-state index in [1.165, 1.54) is 30.3 Å². The molecule has 1 aliphatic heterocycles. The van der Waals surface area contributed by atoms with Crippen LogP contribution >= 0.6 is 11.8 Å². The standard InChI is InChI=1S/C21H22FN3O2S/c1-27-18-17(8-5-13-23-18)21-25(20(26)15-6-3-2-4-7-15)24-19(28-21)14-9-11-16(22)12-10-14/h5,8-13,15,21H,2-4,6-7H2,1H3. The summed E-state index contributed by atoms with van der Waals surface area (Å²) in [7, 11) is 1.57. The van der Waals surface area contributed by atoms with Gasteiger partial charge in [-0.2, -0.15) is 5.10 Å². The lowest BCUT2D eigenvalue weighted by molar-refractivity contribution is -0.137. The number of amides is 1. The highest BCUT2D eigenvalue weighted by atomic mass is 32.2. The highest BCUT2D eigenvalue weighted by molar-refractivity contribution is 8.14. The van der Waals surface area contributed by atoms with Gasteiger partial charge in [-0.1, -0.05) is 31.0 Å². The minimum Gasteiger partial charge on any atom is -0.481 e. The molecule has 146 valence electrons. The Kier molecular flexibility index (Phi) is 5.62. The fourth-order valence-corrected chi connectivity index (χ4v) is 4.88. The molecule has 2 aliphatic rings. The second kappa shape index (κ2) is 8.31. The summed E-state index contributed by atoms with van der Waals surface area (Å²) < 4.78 is 18.8. The van der Waals surface area contributed by atoms with E-state index >= 15 is 0 Å². The van der Waals surface area contributed by atoms with Gasteiger partial charge >= 0.3 is 0 Å². The van der Waals surface area contributed by atoms with Crippen LogP contribution < -0.4 is 4.74 Å². The van der Waals surface area contributed by atoms with Gasteiger partial charge in [-0.25, -0.2) is 14.4 Å². The Balaban J connectivity index is 1.69. The number of hydrogen-bond donors (Lipinski definition) is 0. The van der Waals surface area contributed by atoms with Crippen molar-refractivity contribution in [1.82, 2.24) is 9.99 Å². The molecule has 1 aromatic heterocycles. The zero-order valence-corrected chi connectivity index (χ0v) is 16.5. The van der Waals surface area contributed by atoms with Crippen molar-refractivity contribution in [3.05, 3.63) is 59.5 Å². The average molecular weight is 399 g/mol. The van der Waals surface area contributed by atoms with Gasteiger partial charge in [0.15, 0.2) is 0 Å². The molecule has 4 rings (SSSR count). The minimum atomic E-state index is -0.349. The summed E-state index contributed by atoms with van der Waals surface area (Å²) in [6.07, 6.45) is 6.80. The molecule has 1 unspecified atom stereocenters. The Morgan fingerprint density at radius 1 is 1.18 bits per heavy atom. The van der Waals surface area contributed by atoms with Crippen LogP contribution in [0.15, 0.2) is 47.7 Å². The number of methoxy groups -OCH3 is 1. The van der Waals surface area contributed by atoms with E-state index in [9.17, 15) is 9.18 Å². The van der Waals surface area contributed by atoms with E-state index in [4.69, 9.17) is 4.74 Å². The molecule has 0 saturated heterocycles. The molecular formula is C21H22FN3O2S. The second-order valence-corrected chi connectivity index (χ2v) is 8.07. The molecule has 1 saturated carbocycles. The molecule has 5 nitrogen and oxygen atoms in total. The molecule has 7 heteroatoms. The van der Waals surface area contributed by atoms with Gasteiger partial charge in [-0.15, -0.1) is 0 Å². The number of nitrogens with zero attached hydrogens (tertiary/aromatic N) is 3. The van der Waals surface area contributed by atoms with Gasteiger partial charge in [0.25, 0.3) is 0 Å². The van der Waals surface area contributed by atoms with Gasteiger partial charge < -0.3 is 4.74 Å². The van der Waals surface area contributed by atoms with Crippen LogP contribution in [-0.2, 0) is 4.79 Å². The average Bonchev–Trinajstić information content (AvgIpc) is 3.19. The van der Waals surface area contributed by atoms with E-state index in [2.05, 4.69) is 10.1 Å². The number of halogens is 1. The second-order valence-electron chi connectivity index (χ2n) is 7.00. The van der Waals surface area contributed by atoms with Crippen LogP contribution in [0, 0.1) is 11.7 Å². The van der Waals surface area contributed by atoms with Crippen molar-refractivity contribution in [2.45, 2.75) is 37.5 Å². The predicted molar refractivity (Wildman–Crippen MR) is 107 cm³/mol. The normalized spacial score (nSPS) is 20.1. The SMILES string of the molecule is COc1ncccc1C1SC(c2ccc(F)cc2)=NN1C(=O)C1CCCCC1. The van der Waals surface area contributed by atoms with Gasteiger partial charge in [0.1, 0.15) is 16.2 Å². The smallest absolute Gasteiger partial charge is 0.247 e. The molecule has 1 aliphatic carbocycles. The Morgan fingerprint density at radius 2 is 1.93 bits per heavy atom. The van der Waals surface area contributed by atoms with Crippen LogP contribution in [0.4, 0.5) is 4.39 Å². The summed E-state index contributed by atoms with van der Waals surface area (Å²) in [5, 5.41) is 6.58. The number of aromatic nitrogens is 1. The maximum Gasteiger partial charge on any atom is 0.247 e. The predicted octanol–water partition coefficient (Wildman–Crippen LogP) is 4.75. The molecular weight excluding hydrogens is 377 g/mol. The van der Waals surface area contributed by atoms with E-state index < -0.39 is 0 Å². The molecule has 1 amide bonds. The molecule has 28 heavy (non-hydrogen) atoms. The molecule has 0 radical (unpaired) electrons. The molecule has 0 spiro atoms. The Bertz CT molecular complexity index is 881. The van der Waals surface area contributed by atoms with Gasteiger partial charge in [-0.3, -0.25) is 4.79 Å². The van der Waals surface area contributed by atoms with E-state index in [0.717, 1.165) is 36.8 Å². The van der Waals surface area contributed by atoms with E-state index in [1.54, 1.807) is 30.4 Å². The molecule has 0 N–H and O–H groups in total. The monoisotopic (exact) mass is 399 g/mol. The lowest BCUT2D eigenvalue weighted by Crippen LogP contribution is -2.33. The third-order valence-corrected chi connectivity index (χ3v) is 6.39. The number of hydrazone groups is 1. The number of thioether (sulfide) groups is 1. The van der Waals surface area contributed by atoms with Crippen LogP contribution in [0.1, 0.15) is 48.6 Å². The van der Waals surface area contributed by atoms with E-state index in [0.29, 0.717) is 10.9 Å². The van der Waals surface area contributed by atoms with Crippen LogP contribution in [0.3, 0.4) is 0 Å². The Hall–Kier alpha value is -2.41. The maximum absolute atomic E-state index is 13.3. The highest BCUT2D eigenvalue weighted by Crippen LogP contribution is 2.45. The van der Waals surface area contributed by atoms with Gasteiger partial charge in [0.2, 0.25) is 11.8 Å². The molecule has 1 aromatic carbocycles. The van der Waals surface area contributed by atoms with Gasteiger partial charge in [-0.05, 0) is 49.2 Å². The quantitative estimate of drug-likeness (QED) is 0.745. The summed E-state index contributed by atoms with van der Waals surface area (Å²) in [5.41, 5.74) is 1.60. The topological polar surface area (TPSA) is 54.8 Å². The molecule has 2 heterocycles. The Morgan fingerprint density at radius 3 is 2.64 bits per heavy atom. The number of carbonyl (C=O) groups is 1. The summed E-state index contributed by atoms with van der Waals surface area (Å²) in [4.78, 5) is 17.6. The van der Waals surface area contributed by atoms with E-state index in [1.807, 2.05) is 12.1 Å². The maximum atomic E-state index is 13.3. The fraction of sp³-hybridized carbons (Fsp3) is 0.381. The zero-order chi connectivity index (χ0) is 19.5. The highest BCUT2D eigenvalue weighted by Gasteiger charge is 2.39. The Labute approximate surface area is 168 Å². The number of hydrogen-bond acceptors (Lipinski definition) is 5. The number of carbonyl (C=O) groups excluding carboxylic acids is 1. The third-order valence-electron chi connectivity index (χ3n) is 5.18. The van der Waals surface area contributed by atoms with Crippen molar-refractivity contribution >= 4 is 22.7 Å². The van der Waals surface area contributed by atoms with Crippen LogP contribution in [0.5, 0.6) is 5.88 Å². The van der Waals surface area contributed by atoms with Gasteiger partial charge in [0.05, 0.1) is 7.11 Å². The van der Waals surface area contributed by atoms with Crippen molar-refractivity contribution in [3.8, 4) is 5.88 Å². The van der Waals surface area contributed by atoms with Crippen LogP contribution in [-0.4, -0.2) is 28.1 Å². The summed E-state index contributed by atoms with van der Waals surface area (Å²) in [5.74, 6) is 0.223. The summed E-state index contributed by atoms with van der Waals surface area (Å²) >= 11 is 1.47. The zero-order valence-electron chi connectivity index (χ0n) is 15.7. The number of ether oxygens (including phenoxy) is 1. The van der Waals surface area contributed by atoms with Crippen molar-refractivity contribution in [1.29, 1.82) is 0 Å². The third kappa shape index (κ3) is 3.76. The molecule has 2 aromatic rings. The minimum absolute atomic E-state index is 0.00386. The molecule has 0 bridgehead atoms. The number of rotatable bonds is 4. The lowest BCUT2D eigenvalue weighted by Gasteiger charge is -2.28. The number of pyridine rings is 1. The first kappa shape index (κ1) is 18.9. The lowest BCUT2D eigenvalue weighted by atomic mass is 9.88. The van der Waals surface area contributed by atoms with Crippen LogP contribution in [0.25, 0.3) is 0 Å². The van der Waals surface area contributed by atoms with Crippen molar-refractivity contribution in [2.24, 2.45) is 11.0 Å². The molecule has 1 atom stereocenters. The first-order valence-corrected chi connectivity index (χ1v) is 10.4. The summed E-state index contributed by atoms with van der Waals surface area (Å²) in [6.45, 7) is 0. The van der Waals surface area contributed by atoms with Gasteiger partial charge in [0, 0.05) is 23.2 Å².